The molecule has 2 aliphatic rings. The lowest BCUT2D eigenvalue weighted by Gasteiger charge is -2.39. The van der Waals surface area contributed by atoms with Gasteiger partial charge in [0.2, 0.25) is 5.91 Å². The first kappa shape index (κ1) is 14.8. The van der Waals surface area contributed by atoms with Gasteiger partial charge < -0.3 is 10.0 Å². The number of aliphatic hydroxyl groups excluding tert-OH is 1. The van der Waals surface area contributed by atoms with Gasteiger partial charge >= 0.3 is 0 Å². The fraction of sp³-hybridized carbons (Fsp3) is 0.938. The van der Waals surface area contributed by atoms with Gasteiger partial charge in [0.05, 0.1) is 6.10 Å². The number of nitrogens with zero attached hydrogens (tertiary/aromatic N) is 1. The van der Waals surface area contributed by atoms with Crippen molar-refractivity contribution in [3.8, 4) is 0 Å². The molecule has 19 heavy (non-hydrogen) atoms. The van der Waals surface area contributed by atoms with Crippen molar-refractivity contribution >= 4 is 5.91 Å². The van der Waals surface area contributed by atoms with Crippen molar-refractivity contribution in [2.75, 3.05) is 6.54 Å². The Balaban J connectivity index is 2.10. The van der Waals surface area contributed by atoms with Crippen LogP contribution in [0.3, 0.4) is 0 Å². The van der Waals surface area contributed by atoms with Crippen LogP contribution in [-0.4, -0.2) is 34.6 Å². The number of likely N-dealkylation sites (tertiary alicyclic amines) is 1. The minimum Gasteiger partial charge on any atom is -0.393 e. The molecule has 3 nitrogen and oxygen atoms in total. The Kier molecular flexibility index (Phi) is 4.54. The summed E-state index contributed by atoms with van der Waals surface area (Å²) in [5, 5.41) is 10.3. The van der Waals surface area contributed by atoms with E-state index in [1.165, 1.54) is 6.42 Å². The van der Waals surface area contributed by atoms with Crippen LogP contribution >= 0.6 is 0 Å². The van der Waals surface area contributed by atoms with Gasteiger partial charge in [-0.25, -0.2) is 0 Å². The molecule has 1 aliphatic heterocycles. The highest BCUT2D eigenvalue weighted by Gasteiger charge is 2.42. The van der Waals surface area contributed by atoms with E-state index in [9.17, 15) is 9.90 Å². The van der Waals surface area contributed by atoms with Gasteiger partial charge in [-0.1, -0.05) is 33.6 Å². The molecular formula is C16H29NO2. The van der Waals surface area contributed by atoms with Gasteiger partial charge in [-0.2, -0.15) is 0 Å². The third kappa shape index (κ3) is 2.96. The molecule has 1 N–H and O–H groups in total. The standard InChI is InChI=1S/C16H29NO2/c1-4-16(2,3)15(19)17-11-7-9-13(17)12-8-5-6-10-14(12)18/h12-14,18H,4-11H2,1-3H3. The lowest BCUT2D eigenvalue weighted by Crippen LogP contribution is -2.49. The highest BCUT2D eigenvalue weighted by molar-refractivity contribution is 5.82. The first-order valence-electron chi connectivity index (χ1n) is 7.96. The zero-order chi connectivity index (χ0) is 14.0. The quantitative estimate of drug-likeness (QED) is 0.854. The fourth-order valence-electron chi connectivity index (χ4n) is 3.62. The number of carbonyl (C=O) groups excluding carboxylic acids is 1. The molecule has 0 aromatic rings. The lowest BCUT2D eigenvalue weighted by atomic mass is 9.79. The summed E-state index contributed by atoms with van der Waals surface area (Å²) in [6, 6.07) is 0.286. The monoisotopic (exact) mass is 267 g/mol. The average molecular weight is 267 g/mol. The molecular weight excluding hydrogens is 238 g/mol. The zero-order valence-corrected chi connectivity index (χ0v) is 12.7. The molecule has 110 valence electrons. The smallest absolute Gasteiger partial charge is 0.228 e. The Morgan fingerprint density at radius 1 is 1.21 bits per heavy atom. The van der Waals surface area contributed by atoms with Crippen molar-refractivity contribution in [2.24, 2.45) is 11.3 Å². The van der Waals surface area contributed by atoms with Crippen molar-refractivity contribution in [1.29, 1.82) is 0 Å². The third-order valence-corrected chi connectivity index (χ3v) is 5.30. The Morgan fingerprint density at radius 2 is 1.89 bits per heavy atom. The van der Waals surface area contributed by atoms with E-state index < -0.39 is 0 Å². The van der Waals surface area contributed by atoms with Crippen LogP contribution in [0.5, 0.6) is 0 Å². The second-order valence-corrected chi connectivity index (χ2v) is 6.96. The third-order valence-electron chi connectivity index (χ3n) is 5.30. The second kappa shape index (κ2) is 5.82. The molecule has 0 bridgehead atoms. The van der Waals surface area contributed by atoms with Crippen molar-refractivity contribution in [3.05, 3.63) is 0 Å². The Bertz CT molecular complexity index is 327. The molecule has 3 atom stereocenters. The Morgan fingerprint density at radius 3 is 2.53 bits per heavy atom. The molecule has 1 aliphatic carbocycles. The van der Waals surface area contributed by atoms with E-state index in [0.29, 0.717) is 5.92 Å². The molecule has 0 aromatic carbocycles. The van der Waals surface area contributed by atoms with Gasteiger partial charge in [0, 0.05) is 23.9 Å². The maximum absolute atomic E-state index is 12.7. The van der Waals surface area contributed by atoms with Crippen LogP contribution in [0.15, 0.2) is 0 Å². The van der Waals surface area contributed by atoms with Crippen molar-refractivity contribution in [3.63, 3.8) is 0 Å². The zero-order valence-electron chi connectivity index (χ0n) is 12.7. The highest BCUT2D eigenvalue weighted by Crippen LogP contribution is 2.37. The van der Waals surface area contributed by atoms with E-state index in [1.54, 1.807) is 0 Å². The predicted octanol–water partition coefficient (Wildman–Crippen LogP) is 2.96. The minimum absolute atomic E-state index is 0.197. The van der Waals surface area contributed by atoms with Crippen LogP contribution in [-0.2, 0) is 4.79 Å². The second-order valence-electron chi connectivity index (χ2n) is 6.96. The highest BCUT2D eigenvalue weighted by atomic mass is 16.3. The predicted molar refractivity (Wildman–Crippen MR) is 76.8 cm³/mol. The average Bonchev–Trinajstić information content (AvgIpc) is 2.87. The van der Waals surface area contributed by atoms with Crippen molar-refractivity contribution in [1.82, 2.24) is 4.90 Å². The number of rotatable bonds is 3. The summed E-state index contributed by atoms with van der Waals surface area (Å²) in [6.45, 7) is 7.05. The first-order valence-corrected chi connectivity index (χ1v) is 7.96. The van der Waals surface area contributed by atoms with E-state index >= 15 is 0 Å². The first-order chi connectivity index (χ1) is 8.97. The van der Waals surface area contributed by atoms with Gasteiger partial charge in [0.15, 0.2) is 0 Å². The molecule has 0 spiro atoms. The summed E-state index contributed by atoms with van der Waals surface area (Å²) in [4.78, 5) is 14.8. The SMILES string of the molecule is CCC(C)(C)C(=O)N1CCCC1C1CCCCC1O. The molecule has 0 radical (unpaired) electrons. The summed E-state index contributed by atoms with van der Waals surface area (Å²) in [5.41, 5.74) is -0.262. The molecule has 1 saturated carbocycles. The van der Waals surface area contributed by atoms with Gasteiger partial charge in [-0.05, 0) is 32.1 Å². The van der Waals surface area contributed by atoms with Crippen LogP contribution in [0.25, 0.3) is 0 Å². The number of aliphatic hydroxyl groups is 1. The van der Waals surface area contributed by atoms with E-state index in [2.05, 4.69) is 11.8 Å². The van der Waals surface area contributed by atoms with Crippen LogP contribution < -0.4 is 0 Å². The fourth-order valence-corrected chi connectivity index (χ4v) is 3.62. The maximum Gasteiger partial charge on any atom is 0.228 e. The van der Waals surface area contributed by atoms with Gasteiger partial charge in [0.25, 0.3) is 0 Å². The van der Waals surface area contributed by atoms with Crippen LogP contribution in [0, 0.1) is 11.3 Å². The summed E-state index contributed by atoms with van der Waals surface area (Å²) in [5.74, 6) is 0.600. The summed E-state index contributed by atoms with van der Waals surface area (Å²) in [7, 11) is 0. The van der Waals surface area contributed by atoms with Crippen molar-refractivity contribution in [2.45, 2.75) is 77.9 Å². The summed E-state index contributed by atoms with van der Waals surface area (Å²) in [6.07, 6.45) is 7.20. The minimum atomic E-state index is -0.262. The summed E-state index contributed by atoms with van der Waals surface area (Å²) >= 11 is 0. The number of carbonyl (C=O) groups is 1. The van der Waals surface area contributed by atoms with E-state index in [4.69, 9.17) is 0 Å². The Labute approximate surface area is 117 Å². The molecule has 1 heterocycles. The van der Waals surface area contributed by atoms with E-state index in [-0.39, 0.29) is 23.5 Å². The number of hydrogen-bond donors (Lipinski definition) is 1. The van der Waals surface area contributed by atoms with Gasteiger partial charge in [0.1, 0.15) is 0 Å². The van der Waals surface area contributed by atoms with Crippen LogP contribution in [0.1, 0.15) is 65.7 Å². The van der Waals surface area contributed by atoms with E-state index in [0.717, 1.165) is 45.1 Å². The molecule has 2 rings (SSSR count). The summed E-state index contributed by atoms with van der Waals surface area (Å²) < 4.78 is 0. The van der Waals surface area contributed by atoms with E-state index in [1.807, 2.05) is 13.8 Å². The maximum atomic E-state index is 12.7. The number of amides is 1. The largest absolute Gasteiger partial charge is 0.393 e. The van der Waals surface area contributed by atoms with Crippen LogP contribution in [0.4, 0.5) is 0 Å². The topological polar surface area (TPSA) is 40.5 Å². The molecule has 1 amide bonds. The molecule has 3 unspecified atom stereocenters. The lowest BCUT2D eigenvalue weighted by molar-refractivity contribution is -0.143. The normalized spacial score (nSPS) is 32.6. The number of hydrogen-bond acceptors (Lipinski definition) is 2. The van der Waals surface area contributed by atoms with Gasteiger partial charge in [-0.15, -0.1) is 0 Å². The molecule has 0 aromatic heterocycles. The van der Waals surface area contributed by atoms with Crippen LogP contribution in [0.2, 0.25) is 0 Å². The molecule has 2 fully saturated rings. The Hall–Kier alpha value is -0.570. The molecule has 3 heteroatoms. The van der Waals surface area contributed by atoms with Gasteiger partial charge in [-0.3, -0.25) is 4.79 Å². The van der Waals surface area contributed by atoms with Crippen molar-refractivity contribution < 1.29 is 9.90 Å². The molecule has 1 saturated heterocycles.